The number of fused-ring (bicyclic) bond motifs is 8. The quantitative estimate of drug-likeness (QED) is 0.148. The number of nitrogens with zero attached hydrogens (tertiary/aromatic N) is 2. The molecule has 11 aromatic carbocycles. The molecule has 1 aliphatic rings. The highest BCUT2D eigenvalue weighted by Gasteiger charge is 2.46. The molecule has 0 aliphatic heterocycles. The topological polar surface area (TPSA) is 8.17 Å². The van der Waals surface area contributed by atoms with Gasteiger partial charge >= 0.3 is 0 Å². The molecule has 0 amide bonds. The molecule has 13 rings (SSSR count). The van der Waals surface area contributed by atoms with Crippen LogP contribution >= 0.6 is 0 Å². The van der Waals surface area contributed by atoms with Gasteiger partial charge in [-0.2, -0.15) is 0 Å². The van der Waals surface area contributed by atoms with Crippen LogP contribution in [-0.2, 0) is 5.41 Å². The number of anilines is 3. The molecule has 67 heavy (non-hydrogen) atoms. The summed E-state index contributed by atoms with van der Waals surface area (Å²) in [7, 11) is 0. The zero-order valence-electron chi connectivity index (χ0n) is 36.8. The molecule has 1 aliphatic carbocycles. The molecule has 314 valence electrons. The molecule has 0 fully saturated rings. The van der Waals surface area contributed by atoms with Gasteiger partial charge in [0.05, 0.1) is 16.4 Å². The number of para-hydroxylation sites is 1. The van der Waals surface area contributed by atoms with E-state index in [1.165, 1.54) is 82.6 Å². The van der Waals surface area contributed by atoms with Crippen molar-refractivity contribution in [3.8, 4) is 39.1 Å². The minimum absolute atomic E-state index is 0.510. The van der Waals surface area contributed by atoms with Gasteiger partial charge in [-0.05, 0) is 116 Å². The Morgan fingerprint density at radius 2 is 0.821 bits per heavy atom. The monoisotopic (exact) mass is 852 g/mol. The highest BCUT2D eigenvalue weighted by atomic mass is 15.1. The van der Waals surface area contributed by atoms with E-state index < -0.39 is 5.41 Å². The van der Waals surface area contributed by atoms with Crippen LogP contribution in [0.1, 0.15) is 22.3 Å². The Balaban J connectivity index is 0.977. The Kier molecular flexibility index (Phi) is 9.11. The van der Waals surface area contributed by atoms with E-state index >= 15 is 0 Å². The molecule has 1 heterocycles. The fourth-order valence-electron chi connectivity index (χ4n) is 11.1. The van der Waals surface area contributed by atoms with Gasteiger partial charge in [-0.1, -0.05) is 212 Å². The van der Waals surface area contributed by atoms with Crippen LogP contribution in [0.5, 0.6) is 0 Å². The second kappa shape index (κ2) is 15.8. The van der Waals surface area contributed by atoms with E-state index in [4.69, 9.17) is 0 Å². The smallest absolute Gasteiger partial charge is 0.0714 e. The van der Waals surface area contributed by atoms with Crippen LogP contribution in [0, 0.1) is 0 Å². The number of hydrogen-bond acceptors (Lipinski definition) is 1. The van der Waals surface area contributed by atoms with Crippen molar-refractivity contribution in [3.63, 3.8) is 0 Å². The van der Waals surface area contributed by atoms with Gasteiger partial charge in [-0.25, -0.2) is 0 Å². The maximum Gasteiger partial charge on any atom is 0.0714 e. The van der Waals surface area contributed by atoms with Gasteiger partial charge in [0.25, 0.3) is 0 Å². The third kappa shape index (κ3) is 6.18. The van der Waals surface area contributed by atoms with E-state index in [9.17, 15) is 0 Å². The van der Waals surface area contributed by atoms with E-state index in [1.807, 2.05) is 0 Å². The zero-order valence-corrected chi connectivity index (χ0v) is 36.8. The van der Waals surface area contributed by atoms with Gasteiger partial charge in [-0.15, -0.1) is 0 Å². The van der Waals surface area contributed by atoms with Crippen molar-refractivity contribution in [1.29, 1.82) is 0 Å². The number of hydrogen-bond donors (Lipinski definition) is 0. The maximum absolute atomic E-state index is 2.45. The lowest BCUT2D eigenvalue weighted by Gasteiger charge is -2.35. The van der Waals surface area contributed by atoms with Crippen molar-refractivity contribution in [2.75, 3.05) is 4.90 Å². The second-order valence-corrected chi connectivity index (χ2v) is 17.6. The van der Waals surface area contributed by atoms with Crippen LogP contribution in [0.3, 0.4) is 0 Å². The lowest BCUT2D eigenvalue weighted by atomic mass is 9.67. The molecular weight excluding hydrogens is 809 g/mol. The lowest BCUT2D eigenvalue weighted by Crippen LogP contribution is -2.28. The van der Waals surface area contributed by atoms with Crippen molar-refractivity contribution < 1.29 is 0 Å². The maximum atomic E-state index is 2.45. The van der Waals surface area contributed by atoms with Crippen molar-refractivity contribution in [3.05, 3.63) is 289 Å². The Morgan fingerprint density at radius 1 is 0.313 bits per heavy atom. The molecule has 0 bridgehead atoms. The van der Waals surface area contributed by atoms with Crippen LogP contribution in [0.4, 0.5) is 17.1 Å². The van der Waals surface area contributed by atoms with Crippen molar-refractivity contribution in [2.24, 2.45) is 0 Å². The molecule has 0 atom stereocenters. The summed E-state index contributed by atoms with van der Waals surface area (Å²) in [5.74, 6) is 0. The predicted octanol–water partition coefficient (Wildman–Crippen LogP) is 17.1. The molecule has 0 N–H and O–H groups in total. The van der Waals surface area contributed by atoms with Crippen LogP contribution in [0.25, 0.3) is 71.6 Å². The summed E-state index contributed by atoms with van der Waals surface area (Å²) in [5.41, 5.74) is 18.7. The summed E-state index contributed by atoms with van der Waals surface area (Å²) in [6.07, 6.45) is 0. The van der Waals surface area contributed by atoms with Gasteiger partial charge in [0, 0.05) is 38.9 Å². The summed E-state index contributed by atoms with van der Waals surface area (Å²) in [6.45, 7) is 0. The molecule has 2 nitrogen and oxygen atoms in total. The molecule has 2 heteroatoms. The van der Waals surface area contributed by atoms with E-state index in [0.29, 0.717) is 0 Å². The van der Waals surface area contributed by atoms with Crippen LogP contribution in [0.15, 0.2) is 267 Å². The summed E-state index contributed by atoms with van der Waals surface area (Å²) >= 11 is 0. The lowest BCUT2D eigenvalue weighted by molar-refractivity contribution is 0.768. The fourth-order valence-corrected chi connectivity index (χ4v) is 11.1. The average Bonchev–Trinajstić information content (AvgIpc) is 3.91. The Labute approximate surface area is 390 Å². The summed E-state index contributed by atoms with van der Waals surface area (Å²) in [6, 6.07) is 98.0. The molecule has 1 aromatic heterocycles. The third-order valence-corrected chi connectivity index (χ3v) is 14.1. The number of aromatic nitrogens is 1. The molecule has 0 radical (unpaired) electrons. The van der Waals surface area contributed by atoms with Gasteiger partial charge in [-0.3, -0.25) is 0 Å². The Morgan fingerprint density at radius 3 is 1.51 bits per heavy atom. The largest absolute Gasteiger partial charge is 0.310 e. The number of benzene rings is 11. The van der Waals surface area contributed by atoms with E-state index in [2.05, 4.69) is 276 Å². The SMILES string of the molecule is c1ccc(-c2ccc(N(c3ccc(-c4ccc5c6ccc7ccccc7c6n(-c6ccccc6)c5c4)cc3)c3ccc4c(c3)C(c3ccccc3)(c3ccccc3)c3ccccc3-4)cc2)cc1. The fraction of sp³-hybridized carbons (Fsp3) is 0.0154. The minimum Gasteiger partial charge on any atom is -0.310 e. The van der Waals surface area contributed by atoms with Crippen molar-refractivity contribution in [1.82, 2.24) is 4.57 Å². The van der Waals surface area contributed by atoms with E-state index in [-0.39, 0.29) is 0 Å². The molecular formula is C65H44N2. The van der Waals surface area contributed by atoms with Crippen molar-refractivity contribution in [2.45, 2.75) is 5.41 Å². The van der Waals surface area contributed by atoms with Crippen LogP contribution in [0.2, 0.25) is 0 Å². The molecule has 12 aromatic rings. The average molecular weight is 853 g/mol. The second-order valence-electron chi connectivity index (χ2n) is 17.6. The number of rotatable bonds is 8. The highest BCUT2D eigenvalue weighted by molar-refractivity contribution is 6.19. The molecule has 0 saturated heterocycles. The van der Waals surface area contributed by atoms with E-state index in [0.717, 1.165) is 28.3 Å². The van der Waals surface area contributed by atoms with Crippen molar-refractivity contribution >= 4 is 49.6 Å². The molecule has 0 saturated carbocycles. The zero-order chi connectivity index (χ0) is 44.3. The first-order valence-corrected chi connectivity index (χ1v) is 23.2. The standard InChI is InChI=1S/C65H44N2/c1-5-17-45(18-6-1)46-29-35-53(36-30-46)66(55-39-42-58-57-27-15-16-28-61(57)65(62(58)44-55,50-20-7-2-8-21-50)51-22-9-3-10-23-51)54-37-31-47(32-38-54)49-34-40-59-60-41-33-48-19-13-14-26-56(48)64(60)67(63(59)43-49)52-24-11-4-12-25-52/h1-44H. The van der Waals surface area contributed by atoms with Gasteiger partial charge in [0.1, 0.15) is 0 Å². The van der Waals surface area contributed by atoms with Crippen LogP contribution in [-0.4, -0.2) is 4.57 Å². The molecule has 0 unspecified atom stereocenters. The summed E-state index contributed by atoms with van der Waals surface area (Å²) in [4.78, 5) is 2.42. The van der Waals surface area contributed by atoms with E-state index in [1.54, 1.807) is 0 Å². The first-order chi connectivity index (χ1) is 33.2. The normalized spacial score (nSPS) is 12.6. The predicted molar refractivity (Wildman–Crippen MR) is 281 cm³/mol. The highest BCUT2D eigenvalue weighted by Crippen LogP contribution is 2.57. The first kappa shape index (κ1) is 38.7. The van der Waals surface area contributed by atoms with Crippen LogP contribution < -0.4 is 4.90 Å². The third-order valence-electron chi connectivity index (χ3n) is 14.1. The Hall–Kier alpha value is -8.72. The summed E-state index contributed by atoms with van der Waals surface area (Å²) in [5, 5.41) is 5.00. The summed E-state index contributed by atoms with van der Waals surface area (Å²) < 4.78 is 2.45. The van der Waals surface area contributed by atoms with Gasteiger partial charge in [0.2, 0.25) is 0 Å². The minimum atomic E-state index is -0.510. The first-order valence-electron chi connectivity index (χ1n) is 23.2. The van der Waals surface area contributed by atoms with Gasteiger partial charge in [0.15, 0.2) is 0 Å². The molecule has 0 spiro atoms. The van der Waals surface area contributed by atoms with Gasteiger partial charge < -0.3 is 9.47 Å². The Bertz CT molecular complexity index is 3720.